The number of anilines is 2. The zero-order valence-corrected chi connectivity index (χ0v) is 11.7. The molecule has 5 heteroatoms. The van der Waals surface area contributed by atoms with Gasteiger partial charge in [0.05, 0.1) is 5.60 Å². The highest BCUT2D eigenvalue weighted by atomic mass is 16.3. The third-order valence-electron chi connectivity index (χ3n) is 2.41. The molecule has 0 saturated carbocycles. The largest absolute Gasteiger partial charge is 0.387 e. The third-order valence-corrected chi connectivity index (χ3v) is 2.41. The maximum absolute atomic E-state index is 10.2. The Labute approximate surface area is 109 Å². The van der Waals surface area contributed by atoms with Crippen molar-refractivity contribution in [3.63, 3.8) is 0 Å². The summed E-state index contributed by atoms with van der Waals surface area (Å²) in [7, 11) is 3.89. The highest BCUT2D eigenvalue weighted by Crippen LogP contribution is 2.11. The average Bonchev–Trinajstić information content (AvgIpc) is 2.26. The Morgan fingerprint density at radius 3 is 2.44 bits per heavy atom. The highest BCUT2D eigenvalue weighted by Gasteiger charge is 2.21. The summed E-state index contributed by atoms with van der Waals surface area (Å²) in [5.41, 5.74) is -0.778. The van der Waals surface area contributed by atoms with Crippen molar-refractivity contribution in [3.8, 4) is 0 Å². The molecule has 0 amide bonds. The van der Waals surface area contributed by atoms with E-state index in [1.165, 1.54) is 0 Å². The third kappa shape index (κ3) is 5.33. The predicted octanol–water partition coefficient (Wildman–Crippen LogP) is 1.24. The lowest BCUT2D eigenvalue weighted by molar-refractivity contribution is 0.0459. The number of hydrogen-bond donors (Lipinski definition) is 3. The molecule has 5 nitrogen and oxygen atoms in total. The predicted molar refractivity (Wildman–Crippen MR) is 76.1 cm³/mol. The maximum Gasteiger partial charge on any atom is 0.128 e. The summed E-state index contributed by atoms with van der Waals surface area (Å²) >= 11 is 0. The van der Waals surface area contributed by atoms with Gasteiger partial charge in [-0.25, -0.2) is 4.98 Å². The summed E-state index contributed by atoms with van der Waals surface area (Å²) < 4.78 is 0. The molecular formula is C13H24N4O. The summed E-state index contributed by atoms with van der Waals surface area (Å²) in [6.45, 7) is 5.76. The minimum atomic E-state index is -0.778. The molecule has 0 aliphatic heterocycles. The molecule has 0 aromatic carbocycles. The second-order valence-electron chi connectivity index (χ2n) is 5.03. The van der Waals surface area contributed by atoms with Crippen molar-refractivity contribution in [1.82, 2.24) is 9.88 Å². The van der Waals surface area contributed by atoms with Crippen molar-refractivity contribution < 1.29 is 5.11 Å². The maximum atomic E-state index is 10.2. The Balaban J connectivity index is 2.54. The van der Waals surface area contributed by atoms with E-state index in [2.05, 4.69) is 15.6 Å². The molecule has 1 heterocycles. The molecule has 0 radical (unpaired) electrons. The van der Waals surface area contributed by atoms with Crippen LogP contribution in [0.3, 0.4) is 0 Å². The molecule has 1 atom stereocenters. The van der Waals surface area contributed by atoms with E-state index in [0.717, 1.165) is 18.2 Å². The summed E-state index contributed by atoms with van der Waals surface area (Å²) in [6.07, 6.45) is 0. The number of hydrogen-bond acceptors (Lipinski definition) is 5. The smallest absolute Gasteiger partial charge is 0.128 e. The van der Waals surface area contributed by atoms with Crippen LogP contribution in [0.5, 0.6) is 0 Å². The molecular weight excluding hydrogens is 228 g/mol. The fourth-order valence-corrected chi connectivity index (χ4v) is 1.83. The quantitative estimate of drug-likeness (QED) is 0.681. The number of likely N-dealkylation sites (N-methyl/N-ethyl adjacent to an activating group) is 1. The number of rotatable bonds is 7. The van der Waals surface area contributed by atoms with Crippen LogP contribution in [-0.4, -0.2) is 54.3 Å². The van der Waals surface area contributed by atoms with Gasteiger partial charge in [-0.1, -0.05) is 6.07 Å². The van der Waals surface area contributed by atoms with E-state index in [4.69, 9.17) is 0 Å². The zero-order chi connectivity index (χ0) is 13.6. The van der Waals surface area contributed by atoms with Gasteiger partial charge in [-0.05, 0) is 40.1 Å². The minimum absolute atomic E-state index is 0.466. The van der Waals surface area contributed by atoms with Gasteiger partial charge >= 0.3 is 0 Å². The van der Waals surface area contributed by atoms with Gasteiger partial charge in [0.25, 0.3) is 0 Å². The Bertz CT molecular complexity index is 366. The van der Waals surface area contributed by atoms with Gasteiger partial charge < -0.3 is 20.6 Å². The van der Waals surface area contributed by atoms with Crippen molar-refractivity contribution in [2.24, 2.45) is 0 Å². The van der Waals surface area contributed by atoms with E-state index >= 15 is 0 Å². The average molecular weight is 252 g/mol. The first-order chi connectivity index (χ1) is 8.43. The Kier molecular flexibility index (Phi) is 5.37. The lowest BCUT2D eigenvalue weighted by Crippen LogP contribution is -2.43. The van der Waals surface area contributed by atoms with Crippen molar-refractivity contribution >= 4 is 11.6 Å². The van der Waals surface area contributed by atoms with Crippen LogP contribution in [0, 0.1) is 0 Å². The molecule has 0 fully saturated rings. The van der Waals surface area contributed by atoms with Crippen LogP contribution in [0.1, 0.15) is 13.8 Å². The van der Waals surface area contributed by atoms with Crippen LogP contribution in [0.2, 0.25) is 0 Å². The summed E-state index contributed by atoms with van der Waals surface area (Å²) in [5.74, 6) is 1.61. The molecule has 1 aromatic rings. The Morgan fingerprint density at radius 2 is 1.89 bits per heavy atom. The van der Waals surface area contributed by atoms with Crippen LogP contribution >= 0.6 is 0 Å². The highest BCUT2D eigenvalue weighted by molar-refractivity contribution is 5.45. The van der Waals surface area contributed by atoms with Gasteiger partial charge in [-0.2, -0.15) is 0 Å². The molecule has 3 N–H and O–H groups in total. The van der Waals surface area contributed by atoms with Crippen molar-refractivity contribution in [3.05, 3.63) is 18.2 Å². The standard InChI is InChI=1S/C13H24N4O/c1-5-14-11-7-6-8-12(16-11)15-9-13(2,18)10-17(3)4/h6-8,18H,5,9-10H2,1-4H3,(H2,14,15,16). The Hall–Kier alpha value is -1.33. The van der Waals surface area contributed by atoms with Gasteiger partial charge in [0.2, 0.25) is 0 Å². The lowest BCUT2D eigenvalue weighted by Gasteiger charge is -2.27. The molecule has 0 aliphatic carbocycles. The second kappa shape index (κ2) is 6.56. The molecule has 1 unspecified atom stereocenters. The van der Waals surface area contributed by atoms with E-state index in [0.29, 0.717) is 13.1 Å². The van der Waals surface area contributed by atoms with Gasteiger partial charge in [-0.15, -0.1) is 0 Å². The van der Waals surface area contributed by atoms with E-state index in [9.17, 15) is 5.11 Å². The number of nitrogens with one attached hydrogen (secondary N) is 2. The summed E-state index contributed by atoms with van der Waals surface area (Å²) in [4.78, 5) is 6.36. The second-order valence-corrected chi connectivity index (χ2v) is 5.03. The first-order valence-electron chi connectivity index (χ1n) is 6.25. The molecule has 0 aliphatic rings. The number of nitrogens with zero attached hydrogens (tertiary/aromatic N) is 2. The first-order valence-corrected chi connectivity index (χ1v) is 6.25. The monoisotopic (exact) mass is 252 g/mol. The molecule has 0 saturated heterocycles. The lowest BCUT2D eigenvalue weighted by atomic mass is 10.1. The first kappa shape index (κ1) is 14.7. The number of aromatic nitrogens is 1. The van der Waals surface area contributed by atoms with Crippen LogP contribution in [-0.2, 0) is 0 Å². The SMILES string of the molecule is CCNc1cccc(NCC(C)(O)CN(C)C)n1. The van der Waals surface area contributed by atoms with E-state index in [1.807, 2.05) is 51.0 Å². The molecule has 102 valence electrons. The van der Waals surface area contributed by atoms with Crippen LogP contribution in [0.4, 0.5) is 11.6 Å². The zero-order valence-electron chi connectivity index (χ0n) is 11.7. The van der Waals surface area contributed by atoms with Crippen LogP contribution in [0.25, 0.3) is 0 Å². The molecule has 1 aromatic heterocycles. The van der Waals surface area contributed by atoms with Gasteiger partial charge in [0, 0.05) is 19.6 Å². The van der Waals surface area contributed by atoms with Crippen molar-refractivity contribution in [1.29, 1.82) is 0 Å². The van der Waals surface area contributed by atoms with E-state index < -0.39 is 5.60 Å². The van der Waals surface area contributed by atoms with Crippen molar-refractivity contribution in [2.45, 2.75) is 19.4 Å². The fourth-order valence-electron chi connectivity index (χ4n) is 1.83. The topological polar surface area (TPSA) is 60.4 Å². The van der Waals surface area contributed by atoms with Gasteiger partial charge in [0.15, 0.2) is 0 Å². The molecule has 0 spiro atoms. The fraction of sp³-hybridized carbons (Fsp3) is 0.615. The van der Waals surface area contributed by atoms with E-state index in [-0.39, 0.29) is 0 Å². The van der Waals surface area contributed by atoms with Crippen LogP contribution < -0.4 is 10.6 Å². The van der Waals surface area contributed by atoms with Crippen LogP contribution in [0.15, 0.2) is 18.2 Å². The number of aliphatic hydroxyl groups is 1. The molecule has 0 bridgehead atoms. The summed E-state index contributed by atoms with van der Waals surface area (Å²) in [5, 5.41) is 16.5. The van der Waals surface area contributed by atoms with Gasteiger partial charge in [-0.3, -0.25) is 0 Å². The van der Waals surface area contributed by atoms with E-state index in [1.54, 1.807) is 0 Å². The summed E-state index contributed by atoms with van der Waals surface area (Å²) in [6, 6.07) is 5.76. The number of pyridine rings is 1. The van der Waals surface area contributed by atoms with Gasteiger partial charge in [0.1, 0.15) is 11.6 Å². The normalized spacial score (nSPS) is 14.3. The molecule has 18 heavy (non-hydrogen) atoms. The van der Waals surface area contributed by atoms with Crippen molar-refractivity contribution in [2.75, 3.05) is 44.4 Å². The minimum Gasteiger partial charge on any atom is -0.387 e. The molecule has 1 rings (SSSR count). The Morgan fingerprint density at radius 1 is 1.28 bits per heavy atom.